The van der Waals surface area contributed by atoms with E-state index in [1.54, 1.807) is 0 Å². The molecule has 1 aromatic rings. The lowest BCUT2D eigenvalue weighted by Gasteiger charge is -2.27. The van der Waals surface area contributed by atoms with E-state index in [0.29, 0.717) is 5.15 Å². The topological polar surface area (TPSA) is 37.8 Å². The first-order valence-electron chi connectivity index (χ1n) is 6.85. The number of aryl methyl sites for hydroxylation is 1. The number of rotatable bonds is 4. The van der Waals surface area contributed by atoms with Gasteiger partial charge in [0.25, 0.3) is 0 Å². The van der Waals surface area contributed by atoms with Crippen LogP contribution in [0.1, 0.15) is 57.3 Å². The number of nitrogens with zero attached hydrogens (tertiary/aromatic N) is 2. The van der Waals surface area contributed by atoms with Crippen molar-refractivity contribution in [2.24, 2.45) is 0 Å². The second kappa shape index (κ2) is 5.43. The van der Waals surface area contributed by atoms with Gasteiger partial charge in [0, 0.05) is 17.5 Å². The number of hydrogen-bond donors (Lipinski definition) is 1. The van der Waals surface area contributed by atoms with E-state index < -0.39 is 0 Å². The number of aromatic nitrogens is 2. The zero-order chi connectivity index (χ0) is 13.2. The molecule has 0 radical (unpaired) electrons. The Kier molecular flexibility index (Phi) is 4.10. The average Bonchev–Trinajstić information content (AvgIpc) is 2.73. The van der Waals surface area contributed by atoms with Crippen LogP contribution in [0.15, 0.2) is 0 Å². The lowest BCUT2D eigenvalue weighted by Crippen LogP contribution is -2.32. The van der Waals surface area contributed by atoms with Crippen LogP contribution in [0.5, 0.6) is 0 Å². The van der Waals surface area contributed by atoms with Crippen LogP contribution in [-0.4, -0.2) is 15.5 Å². The van der Waals surface area contributed by atoms with Crippen molar-refractivity contribution in [3.05, 3.63) is 16.5 Å². The molecular formula is C14H22ClN3. The Morgan fingerprint density at radius 3 is 2.56 bits per heavy atom. The predicted molar refractivity (Wildman–Crippen MR) is 76.3 cm³/mol. The van der Waals surface area contributed by atoms with E-state index >= 15 is 0 Å². The van der Waals surface area contributed by atoms with Crippen molar-refractivity contribution >= 4 is 17.4 Å². The van der Waals surface area contributed by atoms with Gasteiger partial charge < -0.3 is 5.32 Å². The number of anilines is 1. The van der Waals surface area contributed by atoms with Gasteiger partial charge in [-0.2, -0.15) is 0 Å². The fraction of sp³-hybridized carbons (Fsp3) is 0.714. The van der Waals surface area contributed by atoms with E-state index in [2.05, 4.69) is 29.1 Å². The molecule has 0 unspecified atom stereocenters. The summed E-state index contributed by atoms with van der Waals surface area (Å²) >= 11 is 6.19. The van der Waals surface area contributed by atoms with E-state index in [9.17, 15) is 0 Å². The largest absolute Gasteiger partial charge is 0.365 e. The molecule has 100 valence electrons. The third-order valence-electron chi connectivity index (χ3n) is 3.73. The highest BCUT2D eigenvalue weighted by Crippen LogP contribution is 2.33. The maximum atomic E-state index is 6.19. The maximum Gasteiger partial charge on any atom is 0.137 e. The van der Waals surface area contributed by atoms with E-state index in [1.165, 1.54) is 25.7 Å². The van der Waals surface area contributed by atoms with Gasteiger partial charge in [-0.05, 0) is 33.1 Å². The van der Waals surface area contributed by atoms with Crippen LogP contribution in [0.3, 0.4) is 0 Å². The Bertz CT molecular complexity index is 425. The molecule has 0 amide bonds. The molecule has 18 heavy (non-hydrogen) atoms. The van der Waals surface area contributed by atoms with Crippen LogP contribution in [-0.2, 0) is 6.42 Å². The molecular weight excluding hydrogens is 246 g/mol. The van der Waals surface area contributed by atoms with Crippen LogP contribution in [0.2, 0.25) is 5.15 Å². The smallest absolute Gasteiger partial charge is 0.137 e. The first kappa shape index (κ1) is 13.6. The number of halogens is 1. The molecule has 1 aliphatic carbocycles. The quantitative estimate of drug-likeness (QED) is 0.834. The molecule has 1 fully saturated rings. The molecule has 1 aromatic heterocycles. The van der Waals surface area contributed by atoms with Crippen molar-refractivity contribution in [1.29, 1.82) is 0 Å². The summed E-state index contributed by atoms with van der Waals surface area (Å²) in [5.74, 6) is 1.76. The maximum absolute atomic E-state index is 6.19. The highest BCUT2D eigenvalue weighted by atomic mass is 35.5. The normalized spacial score (nSPS) is 18.0. The SMILES string of the molecule is CCCc1nc(Cl)c(C)c(NC2(C)CCCC2)n1. The second-order valence-electron chi connectivity index (χ2n) is 5.55. The summed E-state index contributed by atoms with van der Waals surface area (Å²) in [7, 11) is 0. The summed E-state index contributed by atoms with van der Waals surface area (Å²) in [5.41, 5.74) is 1.14. The van der Waals surface area contributed by atoms with Gasteiger partial charge in [0.15, 0.2) is 0 Å². The summed E-state index contributed by atoms with van der Waals surface area (Å²) in [6.07, 6.45) is 6.92. The van der Waals surface area contributed by atoms with Crippen LogP contribution >= 0.6 is 11.6 Å². The molecule has 1 N–H and O–H groups in total. The molecule has 1 saturated carbocycles. The van der Waals surface area contributed by atoms with Gasteiger partial charge in [0.2, 0.25) is 0 Å². The van der Waals surface area contributed by atoms with Crippen LogP contribution in [0.4, 0.5) is 5.82 Å². The fourth-order valence-electron chi connectivity index (χ4n) is 2.56. The lowest BCUT2D eigenvalue weighted by atomic mass is 10.0. The van der Waals surface area contributed by atoms with Crippen molar-refractivity contribution in [2.45, 2.75) is 64.8 Å². The molecule has 3 nitrogen and oxygen atoms in total. The van der Waals surface area contributed by atoms with E-state index in [-0.39, 0.29) is 5.54 Å². The van der Waals surface area contributed by atoms with Crippen molar-refractivity contribution < 1.29 is 0 Å². The average molecular weight is 268 g/mol. The minimum atomic E-state index is 0.173. The van der Waals surface area contributed by atoms with Gasteiger partial charge in [0.05, 0.1) is 0 Å². The first-order chi connectivity index (χ1) is 8.54. The van der Waals surface area contributed by atoms with E-state index in [0.717, 1.165) is 30.0 Å². The molecule has 4 heteroatoms. The van der Waals surface area contributed by atoms with Crippen molar-refractivity contribution in [2.75, 3.05) is 5.32 Å². The van der Waals surface area contributed by atoms with Crippen LogP contribution in [0, 0.1) is 6.92 Å². The molecule has 1 heterocycles. The Balaban J connectivity index is 2.25. The third-order valence-corrected chi connectivity index (χ3v) is 4.10. The van der Waals surface area contributed by atoms with Gasteiger partial charge in [-0.3, -0.25) is 0 Å². The monoisotopic (exact) mass is 267 g/mol. The number of nitrogens with one attached hydrogen (secondary N) is 1. The van der Waals surface area contributed by atoms with Crippen molar-refractivity contribution in [1.82, 2.24) is 9.97 Å². The zero-order valence-electron chi connectivity index (χ0n) is 11.5. The molecule has 0 atom stereocenters. The standard InChI is InChI=1S/C14H22ClN3/c1-4-7-11-16-12(15)10(2)13(17-11)18-14(3)8-5-6-9-14/h4-9H2,1-3H3,(H,16,17,18). The Labute approximate surface area is 114 Å². The Morgan fingerprint density at radius 1 is 1.28 bits per heavy atom. The zero-order valence-corrected chi connectivity index (χ0v) is 12.3. The first-order valence-corrected chi connectivity index (χ1v) is 7.23. The fourth-order valence-corrected chi connectivity index (χ4v) is 2.74. The molecule has 2 rings (SSSR count). The van der Waals surface area contributed by atoms with Crippen LogP contribution in [0.25, 0.3) is 0 Å². The summed E-state index contributed by atoms with van der Waals surface area (Å²) in [6.45, 7) is 6.39. The third kappa shape index (κ3) is 2.94. The van der Waals surface area contributed by atoms with Crippen LogP contribution < -0.4 is 5.32 Å². The van der Waals surface area contributed by atoms with Gasteiger partial charge >= 0.3 is 0 Å². The molecule has 0 aliphatic heterocycles. The highest BCUT2D eigenvalue weighted by Gasteiger charge is 2.29. The van der Waals surface area contributed by atoms with E-state index in [1.807, 2.05) is 6.92 Å². The minimum Gasteiger partial charge on any atom is -0.365 e. The van der Waals surface area contributed by atoms with Crippen molar-refractivity contribution in [3.8, 4) is 0 Å². The summed E-state index contributed by atoms with van der Waals surface area (Å²) in [5, 5.41) is 4.17. The number of hydrogen-bond acceptors (Lipinski definition) is 3. The second-order valence-corrected chi connectivity index (χ2v) is 5.91. The molecule has 0 aromatic carbocycles. The highest BCUT2D eigenvalue weighted by molar-refractivity contribution is 6.30. The van der Waals surface area contributed by atoms with Gasteiger partial charge in [0.1, 0.15) is 16.8 Å². The Hall–Kier alpha value is -0.830. The van der Waals surface area contributed by atoms with E-state index in [4.69, 9.17) is 11.6 Å². The molecule has 0 saturated heterocycles. The minimum absolute atomic E-state index is 0.173. The summed E-state index contributed by atoms with van der Waals surface area (Å²) in [4.78, 5) is 8.96. The molecule has 0 spiro atoms. The van der Waals surface area contributed by atoms with Gasteiger partial charge in [-0.25, -0.2) is 9.97 Å². The lowest BCUT2D eigenvalue weighted by molar-refractivity contribution is 0.529. The Morgan fingerprint density at radius 2 is 1.94 bits per heavy atom. The summed E-state index contributed by atoms with van der Waals surface area (Å²) < 4.78 is 0. The summed E-state index contributed by atoms with van der Waals surface area (Å²) in [6, 6.07) is 0. The predicted octanol–water partition coefficient (Wildman–Crippen LogP) is 4.14. The molecule has 0 bridgehead atoms. The van der Waals surface area contributed by atoms with Gasteiger partial charge in [-0.15, -0.1) is 0 Å². The van der Waals surface area contributed by atoms with Gasteiger partial charge in [-0.1, -0.05) is 31.4 Å². The van der Waals surface area contributed by atoms with Crippen molar-refractivity contribution in [3.63, 3.8) is 0 Å². The molecule has 1 aliphatic rings.